The number of hydrogen-bond donors (Lipinski definition) is 2. The fourth-order valence-electron chi connectivity index (χ4n) is 2.94. The SMILES string of the molecule is COC(=O)C(CC1C(=O)Nc2ccccc21)NC(=O)c1ccc(Cl)cc1. The Labute approximate surface area is 155 Å². The molecule has 2 N–H and O–H groups in total. The smallest absolute Gasteiger partial charge is 0.328 e. The van der Waals surface area contributed by atoms with Crippen LogP contribution in [-0.4, -0.2) is 30.9 Å². The van der Waals surface area contributed by atoms with Crippen molar-refractivity contribution >= 4 is 35.1 Å². The number of amides is 2. The molecule has 7 heteroatoms. The molecule has 2 atom stereocenters. The Morgan fingerprint density at radius 1 is 1.19 bits per heavy atom. The molecule has 2 aromatic rings. The van der Waals surface area contributed by atoms with Gasteiger partial charge in [-0.3, -0.25) is 9.59 Å². The number of fused-ring (bicyclic) bond motifs is 1. The zero-order valence-corrected chi connectivity index (χ0v) is 14.7. The summed E-state index contributed by atoms with van der Waals surface area (Å²) >= 11 is 5.82. The lowest BCUT2D eigenvalue weighted by atomic mass is 9.93. The van der Waals surface area contributed by atoms with Crippen LogP contribution in [0.4, 0.5) is 5.69 Å². The molecule has 3 rings (SSSR count). The summed E-state index contributed by atoms with van der Waals surface area (Å²) in [6, 6.07) is 12.6. The first-order valence-electron chi connectivity index (χ1n) is 8.03. The van der Waals surface area contributed by atoms with Crippen LogP contribution in [0, 0.1) is 0 Å². The van der Waals surface area contributed by atoms with Gasteiger partial charge < -0.3 is 15.4 Å². The molecular formula is C19H17ClN2O4. The van der Waals surface area contributed by atoms with Gasteiger partial charge in [-0.2, -0.15) is 0 Å². The first-order chi connectivity index (χ1) is 12.5. The van der Waals surface area contributed by atoms with E-state index in [1.165, 1.54) is 7.11 Å². The van der Waals surface area contributed by atoms with Crippen LogP contribution in [0.15, 0.2) is 48.5 Å². The molecule has 2 amide bonds. The third kappa shape index (κ3) is 3.70. The minimum atomic E-state index is -0.954. The molecule has 0 spiro atoms. The van der Waals surface area contributed by atoms with Crippen molar-refractivity contribution in [3.05, 3.63) is 64.7 Å². The van der Waals surface area contributed by atoms with Gasteiger partial charge in [-0.1, -0.05) is 29.8 Å². The van der Waals surface area contributed by atoms with Crippen molar-refractivity contribution in [3.8, 4) is 0 Å². The Morgan fingerprint density at radius 3 is 2.58 bits per heavy atom. The number of ether oxygens (including phenoxy) is 1. The highest BCUT2D eigenvalue weighted by atomic mass is 35.5. The maximum atomic E-state index is 12.4. The van der Waals surface area contributed by atoms with E-state index in [0.29, 0.717) is 10.6 Å². The lowest BCUT2D eigenvalue weighted by molar-refractivity contribution is -0.143. The molecule has 1 aliphatic rings. The normalized spacial score (nSPS) is 16.4. The zero-order valence-electron chi connectivity index (χ0n) is 14.0. The molecule has 134 valence electrons. The summed E-state index contributed by atoms with van der Waals surface area (Å²) in [5.41, 5.74) is 1.88. The minimum absolute atomic E-state index is 0.106. The highest BCUT2D eigenvalue weighted by Crippen LogP contribution is 2.35. The molecule has 2 unspecified atom stereocenters. The van der Waals surface area contributed by atoms with Crippen molar-refractivity contribution in [3.63, 3.8) is 0 Å². The van der Waals surface area contributed by atoms with Gasteiger partial charge in [0.05, 0.1) is 13.0 Å². The van der Waals surface area contributed by atoms with Gasteiger partial charge in [0.15, 0.2) is 0 Å². The van der Waals surface area contributed by atoms with Crippen LogP contribution in [0.5, 0.6) is 0 Å². The highest BCUT2D eigenvalue weighted by molar-refractivity contribution is 6.30. The molecule has 0 radical (unpaired) electrons. The molecule has 0 aromatic heterocycles. The van der Waals surface area contributed by atoms with Crippen LogP contribution in [0.1, 0.15) is 28.3 Å². The quantitative estimate of drug-likeness (QED) is 0.790. The summed E-state index contributed by atoms with van der Waals surface area (Å²) in [7, 11) is 1.24. The van der Waals surface area contributed by atoms with Crippen LogP contribution < -0.4 is 10.6 Å². The number of esters is 1. The average molecular weight is 373 g/mol. The van der Waals surface area contributed by atoms with E-state index < -0.39 is 23.8 Å². The first-order valence-corrected chi connectivity index (χ1v) is 8.41. The van der Waals surface area contributed by atoms with E-state index in [-0.39, 0.29) is 12.3 Å². The average Bonchev–Trinajstić information content (AvgIpc) is 2.96. The maximum Gasteiger partial charge on any atom is 0.328 e. The van der Waals surface area contributed by atoms with E-state index >= 15 is 0 Å². The molecule has 1 heterocycles. The number of nitrogens with one attached hydrogen (secondary N) is 2. The van der Waals surface area contributed by atoms with E-state index in [0.717, 1.165) is 11.3 Å². The topological polar surface area (TPSA) is 84.5 Å². The van der Waals surface area contributed by atoms with Crippen molar-refractivity contribution in [1.29, 1.82) is 0 Å². The van der Waals surface area contributed by atoms with E-state index in [4.69, 9.17) is 16.3 Å². The number of carbonyl (C=O) groups is 3. The Bertz CT molecular complexity index is 851. The lowest BCUT2D eigenvalue weighted by Crippen LogP contribution is -2.43. The zero-order chi connectivity index (χ0) is 18.7. The van der Waals surface area contributed by atoms with E-state index in [9.17, 15) is 14.4 Å². The number of hydrogen-bond acceptors (Lipinski definition) is 4. The number of methoxy groups -OCH3 is 1. The lowest BCUT2D eigenvalue weighted by Gasteiger charge is -2.19. The second-order valence-electron chi connectivity index (χ2n) is 5.92. The molecule has 0 saturated carbocycles. The molecule has 1 aliphatic heterocycles. The fourth-order valence-corrected chi connectivity index (χ4v) is 3.07. The second kappa shape index (κ2) is 7.58. The van der Waals surface area contributed by atoms with E-state index in [1.807, 2.05) is 18.2 Å². The molecule has 0 fully saturated rings. The number of carbonyl (C=O) groups excluding carboxylic acids is 3. The third-order valence-electron chi connectivity index (χ3n) is 4.28. The van der Waals surface area contributed by atoms with Gasteiger partial charge >= 0.3 is 5.97 Å². The van der Waals surface area contributed by atoms with Gasteiger partial charge in [0.25, 0.3) is 5.91 Å². The van der Waals surface area contributed by atoms with Crippen molar-refractivity contribution in [2.24, 2.45) is 0 Å². The Morgan fingerprint density at radius 2 is 1.88 bits per heavy atom. The van der Waals surface area contributed by atoms with Gasteiger partial charge in [0.2, 0.25) is 5.91 Å². The van der Waals surface area contributed by atoms with Crippen molar-refractivity contribution in [1.82, 2.24) is 5.32 Å². The first kappa shape index (κ1) is 17.9. The highest BCUT2D eigenvalue weighted by Gasteiger charge is 2.35. The van der Waals surface area contributed by atoms with Crippen LogP contribution in [-0.2, 0) is 14.3 Å². The Hall–Kier alpha value is -2.86. The molecule has 26 heavy (non-hydrogen) atoms. The Kier molecular flexibility index (Phi) is 5.23. The summed E-state index contributed by atoms with van der Waals surface area (Å²) in [6.07, 6.45) is 0.106. The number of benzene rings is 2. The van der Waals surface area contributed by atoms with Gasteiger partial charge in [0, 0.05) is 16.3 Å². The predicted octanol–water partition coefficient (Wildman–Crippen LogP) is 2.74. The fraction of sp³-hybridized carbons (Fsp3) is 0.211. The molecule has 0 saturated heterocycles. The second-order valence-corrected chi connectivity index (χ2v) is 6.36. The van der Waals surface area contributed by atoms with Crippen molar-refractivity contribution in [2.45, 2.75) is 18.4 Å². The van der Waals surface area contributed by atoms with Crippen LogP contribution >= 0.6 is 11.6 Å². The van der Waals surface area contributed by atoms with Crippen LogP contribution in [0.25, 0.3) is 0 Å². The van der Waals surface area contributed by atoms with Crippen LogP contribution in [0.2, 0.25) is 5.02 Å². The van der Waals surface area contributed by atoms with Gasteiger partial charge in [0.1, 0.15) is 6.04 Å². The van der Waals surface area contributed by atoms with E-state index in [2.05, 4.69) is 10.6 Å². The van der Waals surface area contributed by atoms with Gasteiger partial charge in [-0.25, -0.2) is 4.79 Å². The standard InChI is InChI=1S/C19H17ClN2O4/c1-26-19(25)16(22-17(23)11-6-8-12(20)9-7-11)10-14-13-4-2-3-5-15(13)21-18(14)24/h2-9,14,16H,10H2,1H3,(H,21,24)(H,22,23). The van der Waals surface area contributed by atoms with Crippen molar-refractivity contribution < 1.29 is 19.1 Å². The summed E-state index contributed by atoms with van der Waals surface area (Å²) in [5, 5.41) is 5.93. The monoisotopic (exact) mass is 372 g/mol. The maximum absolute atomic E-state index is 12.4. The summed E-state index contributed by atoms with van der Waals surface area (Å²) in [4.78, 5) is 36.9. The molecule has 0 bridgehead atoms. The van der Waals surface area contributed by atoms with Crippen molar-refractivity contribution in [2.75, 3.05) is 12.4 Å². The largest absolute Gasteiger partial charge is 0.467 e. The number of anilines is 1. The molecular weight excluding hydrogens is 356 g/mol. The summed E-state index contributed by atoms with van der Waals surface area (Å²) in [5.74, 6) is -1.80. The van der Waals surface area contributed by atoms with Gasteiger partial charge in [-0.15, -0.1) is 0 Å². The summed E-state index contributed by atoms with van der Waals surface area (Å²) < 4.78 is 4.80. The molecule has 6 nitrogen and oxygen atoms in total. The Balaban J connectivity index is 1.79. The van der Waals surface area contributed by atoms with E-state index in [1.54, 1.807) is 30.3 Å². The summed E-state index contributed by atoms with van der Waals surface area (Å²) in [6.45, 7) is 0. The minimum Gasteiger partial charge on any atom is -0.467 e. The predicted molar refractivity (Wildman–Crippen MR) is 97.2 cm³/mol. The van der Waals surface area contributed by atoms with Gasteiger partial charge in [-0.05, 0) is 42.3 Å². The van der Waals surface area contributed by atoms with Crippen LogP contribution in [0.3, 0.4) is 0 Å². The number of halogens is 1. The number of rotatable bonds is 5. The molecule has 0 aliphatic carbocycles. The number of para-hydroxylation sites is 1. The molecule has 2 aromatic carbocycles. The third-order valence-corrected chi connectivity index (χ3v) is 4.53.